The number of hydrogen-bond donors (Lipinski definition) is 0. The molecule has 0 spiro atoms. The second-order valence-corrected chi connectivity index (χ2v) is 6.24. The SMILES string of the molecule is COc1ccccc1-c1cnc(C(F)(F)F)cc1-c1ccc(Br)cc1. The van der Waals surface area contributed by atoms with Gasteiger partial charge in [-0.05, 0) is 35.4 Å². The van der Waals surface area contributed by atoms with Crippen molar-refractivity contribution in [3.05, 3.63) is 71.0 Å². The van der Waals surface area contributed by atoms with Crippen molar-refractivity contribution in [2.75, 3.05) is 7.11 Å². The van der Waals surface area contributed by atoms with Gasteiger partial charge in [0, 0.05) is 21.8 Å². The summed E-state index contributed by atoms with van der Waals surface area (Å²) in [6.45, 7) is 0. The molecule has 128 valence electrons. The van der Waals surface area contributed by atoms with Crippen molar-refractivity contribution in [3.8, 4) is 28.0 Å². The summed E-state index contributed by atoms with van der Waals surface area (Å²) >= 11 is 3.34. The minimum atomic E-state index is -4.51. The Bertz CT molecular complexity index is 892. The quantitative estimate of drug-likeness (QED) is 0.515. The molecule has 0 aliphatic carbocycles. The highest BCUT2D eigenvalue weighted by molar-refractivity contribution is 9.10. The van der Waals surface area contributed by atoms with Gasteiger partial charge in [0.25, 0.3) is 0 Å². The second kappa shape index (κ2) is 6.88. The molecule has 0 radical (unpaired) electrons. The van der Waals surface area contributed by atoms with Gasteiger partial charge in [-0.1, -0.05) is 46.3 Å². The Kier molecular flexibility index (Phi) is 4.81. The Morgan fingerprint density at radius 1 is 0.920 bits per heavy atom. The first-order chi connectivity index (χ1) is 11.9. The number of methoxy groups -OCH3 is 1. The zero-order chi connectivity index (χ0) is 18.0. The van der Waals surface area contributed by atoms with Gasteiger partial charge in [0.15, 0.2) is 0 Å². The van der Waals surface area contributed by atoms with Crippen molar-refractivity contribution in [1.29, 1.82) is 0 Å². The summed E-state index contributed by atoms with van der Waals surface area (Å²) in [5, 5.41) is 0. The van der Waals surface area contributed by atoms with Crippen molar-refractivity contribution in [3.63, 3.8) is 0 Å². The Morgan fingerprint density at radius 3 is 2.24 bits per heavy atom. The van der Waals surface area contributed by atoms with E-state index in [4.69, 9.17) is 4.74 Å². The van der Waals surface area contributed by atoms with Crippen LogP contribution in [-0.4, -0.2) is 12.1 Å². The predicted molar refractivity (Wildman–Crippen MR) is 94.4 cm³/mol. The molecule has 1 heterocycles. The fraction of sp³-hybridized carbons (Fsp3) is 0.105. The number of hydrogen-bond acceptors (Lipinski definition) is 2. The number of halogens is 4. The van der Waals surface area contributed by atoms with E-state index >= 15 is 0 Å². The summed E-state index contributed by atoms with van der Waals surface area (Å²) in [5.74, 6) is 0.572. The highest BCUT2D eigenvalue weighted by Crippen LogP contribution is 2.39. The number of para-hydroxylation sites is 1. The van der Waals surface area contributed by atoms with Crippen molar-refractivity contribution < 1.29 is 17.9 Å². The molecule has 1 aromatic heterocycles. The molecule has 0 saturated carbocycles. The summed E-state index contributed by atoms with van der Waals surface area (Å²) in [5.41, 5.74) is 1.44. The van der Waals surface area contributed by atoms with Crippen molar-refractivity contribution in [2.45, 2.75) is 6.18 Å². The van der Waals surface area contributed by atoms with Gasteiger partial charge in [0.05, 0.1) is 7.11 Å². The summed E-state index contributed by atoms with van der Waals surface area (Å²) in [6, 6.07) is 15.3. The highest BCUT2D eigenvalue weighted by Gasteiger charge is 2.33. The van der Waals surface area contributed by atoms with Crippen LogP contribution in [0.2, 0.25) is 0 Å². The Morgan fingerprint density at radius 2 is 1.60 bits per heavy atom. The normalized spacial score (nSPS) is 11.4. The zero-order valence-corrected chi connectivity index (χ0v) is 14.7. The Hall–Kier alpha value is -2.34. The molecule has 0 N–H and O–H groups in total. The van der Waals surface area contributed by atoms with E-state index in [9.17, 15) is 13.2 Å². The fourth-order valence-corrected chi connectivity index (χ4v) is 2.82. The van der Waals surface area contributed by atoms with Gasteiger partial charge >= 0.3 is 6.18 Å². The molecule has 0 unspecified atom stereocenters. The van der Waals surface area contributed by atoms with E-state index in [0.717, 1.165) is 10.5 Å². The average molecular weight is 408 g/mol. The number of ether oxygens (including phenoxy) is 1. The molecule has 0 atom stereocenters. The lowest BCUT2D eigenvalue weighted by Gasteiger charge is -2.15. The highest BCUT2D eigenvalue weighted by atomic mass is 79.9. The van der Waals surface area contributed by atoms with Crippen LogP contribution in [0.4, 0.5) is 13.2 Å². The van der Waals surface area contributed by atoms with Crippen LogP contribution in [0.25, 0.3) is 22.3 Å². The summed E-state index contributed by atoms with van der Waals surface area (Å²) in [7, 11) is 1.52. The standard InChI is InChI=1S/C19H13BrF3NO/c1-25-17-5-3-2-4-14(17)16-11-24-18(19(21,22)23)10-15(16)12-6-8-13(20)9-7-12/h2-11H,1H3. The minimum Gasteiger partial charge on any atom is -0.496 e. The van der Waals surface area contributed by atoms with E-state index in [0.29, 0.717) is 28.0 Å². The monoisotopic (exact) mass is 407 g/mol. The lowest BCUT2D eigenvalue weighted by atomic mass is 9.95. The topological polar surface area (TPSA) is 22.1 Å². The van der Waals surface area contributed by atoms with Crippen LogP contribution in [0.5, 0.6) is 5.75 Å². The van der Waals surface area contributed by atoms with E-state index in [1.807, 2.05) is 0 Å². The first-order valence-corrected chi connectivity index (χ1v) is 8.16. The van der Waals surface area contributed by atoms with E-state index in [-0.39, 0.29) is 0 Å². The maximum atomic E-state index is 13.1. The number of alkyl halides is 3. The van der Waals surface area contributed by atoms with Gasteiger partial charge in [-0.3, -0.25) is 4.98 Å². The molecule has 0 bridgehead atoms. The first-order valence-electron chi connectivity index (χ1n) is 7.36. The van der Waals surface area contributed by atoms with E-state index in [1.54, 1.807) is 48.5 Å². The van der Waals surface area contributed by atoms with Gasteiger partial charge in [-0.15, -0.1) is 0 Å². The maximum absolute atomic E-state index is 13.1. The van der Waals surface area contributed by atoms with E-state index in [1.165, 1.54) is 13.3 Å². The third-order valence-corrected chi connectivity index (χ3v) is 4.28. The third-order valence-electron chi connectivity index (χ3n) is 3.75. The third kappa shape index (κ3) is 3.69. The molecule has 6 heteroatoms. The number of pyridine rings is 1. The van der Waals surface area contributed by atoms with Gasteiger partial charge in [-0.2, -0.15) is 13.2 Å². The predicted octanol–water partition coefficient (Wildman–Crippen LogP) is 6.21. The van der Waals surface area contributed by atoms with Crippen molar-refractivity contribution >= 4 is 15.9 Å². The molecule has 2 nitrogen and oxygen atoms in total. The Balaban J connectivity index is 2.26. The molecule has 0 aliphatic rings. The van der Waals surface area contributed by atoms with Crippen LogP contribution in [0.15, 0.2) is 65.3 Å². The van der Waals surface area contributed by atoms with E-state index < -0.39 is 11.9 Å². The second-order valence-electron chi connectivity index (χ2n) is 5.32. The molecule has 3 rings (SSSR count). The first kappa shape index (κ1) is 17.5. The molecule has 0 amide bonds. The molecular weight excluding hydrogens is 395 g/mol. The smallest absolute Gasteiger partial charge is 0.433 e. The van der Waals surface area contributed by atoms with Gasteiger partial charge in [-0.25, -0.2) is 0 Å². The number of rotatable bonds is 3. The van der Waals surface area contributed by atoms with Crippen LogP contribution in [0.3, 0.4) is 0 Å². The van der Waals surface area contributed by atoms with Gasteiger partial charge in [0.1, 0.15) is 11.4 Å². The van der Waals surface area contributed by atoms with Gasteiger partial charge < -0.3 is 4.74 Å². The number of nitrogens with zero attached hydrogens (tertiary/aromatic N) is 1. The maximum Gasteiger partial charge on any atom is 0.433 e. The number of aromatic nitrogens is 1. The van der Waals surface area contributed by atoms with Crippen LogP contribution in [-0.2, 0) is 6.18 Å². The van der Waals surface area contributed by atoms with Gasteiger partial charge in [0.2, 0.25) is 0 Å². The van der Waals surface area contributed by atoms with Crippen LogP contribution < -0.4 is 4.74 Å². The molecule has 25 heavy (non-hydrogen) atoms. The zero-order valence-electron chi connectivity index (χ0n) is 13.1. The molecule has 0 saturated heterocycles. The molecule has 3 aromatic rings. The summed E-state index contributed by atoms with van der Waals surface area (Å²) in [6.07, 6.45) is -3.26. The van der Waals surface area contributed by atoms with Crippen LogP contribution >= 0.6 is 15.9 Å². The lowest BCUT2D eigenvalue weighted by Crippen LogP contribution is -2.08. The van der Waals surface area contributed by atoms with Crippen molar-refractivity contribution in [1.82, 2.24) is 4.98 Å². The van der Waals surface area contributed by atoms with Crippen molar-refractivity contribution in [2.24, 2.45) is 0 Å². The lowest BCUT2D eigenvalue weighted by molar-refractivity contribution is -0.141. The minimum absolute atomic E-state index is 0.444. The molecular formula is C19H13BrF3NO. The van der Waals surface area contributed by atoms with E-state index in [2.05, 4.69) is 20.9 Å². The number of benzene rings is 2. The summed E-state index contributed by atoms with van der Waals surface area (Å²) < 4.78 is 45.6. The fourth-order valence-electron chi connectivity index (χ4n) is 2.56. The molecule has 0 fully saturated rings. The largest absolute Gasteiger partial charge is 0.496 e. The molecule has 2 aromatic carbocycles. The molecule has 0 aliphatic heterocycles. The van der Waals surface area contributed by atoms with Crippen LogP contribution in [0.1, 0.15) is 5.69 Å². The van der Waals surface area contributed by atoms with Crippen LogP contribution in [0, 0.1) is 0 Å². The average Bonchev–Trinajstić information content (AvgIpc) is 2.61. The Labute approximate surface area is 151 Å². The summed E-state index contributed by atoms with van der Waals surface area (Å²) in [4.78, 5) is 3.62.